The van der Waals surface area contributed by atoms with Crippen LogP contribution in [0.25, 0.3) is 0 Å². The van der Waals surface area contributed by atoms with E-state index < -0.39 is 23.9 Å². The van der Waals surface area contributed by atoms with Gasteiger partial charge < -0.3 is 19.9 Å². The lowest BCUT2D eigenvalue weighted by molar-refractivity contribution is -0.139. The van der Waals surface area contributed by atoms with E-state index in [4.69, 9.17) is 4.74 Å². The van der Waals surface area contributed by atoms with Crippen molar-refractivity contribution >= 4 is 17.8 Å². The number of carbonyl (C=O) groups is 3. The van der Waals surface area contributed by atoms with Gasteiger partial charge in [-0.1, -0.05) is 24.3 Å². The summed E-state index contributed by atoms with van der Waals surface area (Å²) in [5.74, 6) is -1.81. The van der Waals surface area contributed by atoms with Crippen molar-refractivity contribution < 1.29 is 29.0 Å². The Bertz CT molecular complexity index is 817. The lowest BCUT2D eigenvalue weighted by Crippen LogP contribution is -2.42. The fraction of sp³-hybridized carbons (Fsp3) is 0.211. The van der Waals surface area contributed by atoms with Crippen molar-refractivity contribution in [2.75, 3.05) is 14.2 Å². The highest BCUT2D eigenvalue weighted by molar-refractivity contribution is 5.99. The van der Waals surface area contributed by atoms with Crippen LogP contribution in [-0.4, -0.2) is 43.2 Å². The number of hydrogen-bond acceptors (Lipinski definition) is 5. The Kier molecular flexibility index (Phi) is 6.32. The Morgan fingerprint density at radius 1 is 1.04 bits per heavy atom. The molecule has 26 heavy (non-hydrogen) atoms. The molecule has 0 spiro atoms. The van der Waals surface area contributed by atoms with Gasteiger partial charge in [0.15, 0.2) is 0 Å². The molecule has 0 radical (unpaired) electrons. The fourth-order valence-corrected chi connectivity index (χ4v) is 2.44. The molecule has 1 atom stereocenters. The molecule has 0 saturated carbocycles. The molecule has 0 aromatic heterocycles. The van der Waals surface area contributed by atoms with Gasteiger partial charge in [-0.05, 0) is 29.8 Å². The van der Waals surface area contributed by atoms with Crippen molar-refractivity contribution in [1.29, 1.82) is 0 Å². The average Bonchev–Trinajstić information content (AvgIpc) is 2.67. The first-order valence-electron chi connectivity index (χ1n) is 7.80. The van der Waals surface area contributed by atoms with Crippen LogP contribution >= 0.6 is 0 Å². The third-order valence-corrected chi connectivity index (χ3v) is 3.77. The molecule has 0 fully saturated rings. The molecule has 0 heterocycles. The molecular weight excluding hydrogens is 338 g/mol. The van der Waals surface area contributed by atoms with Crippen molar-refractivity contribution in [2.45, 2.75) is 12.5 Å². The largest absolute Gasteiger partial charge is 0.496 e. The average molecular weight is 357 g/mol. The van der Waals surface area contributed by atoms with Crippen molar-refractivity contribution in [2.24, 2.45) is 0 Å². The summed E-state index contributed by atoms with van der Waals surface area (Å²) in [4.78, 5) is 35.5. The molecule has 0 unspecified atom stereocenters. The van der Waals surface area contributed by atoms with Gasteiger partial charge in [0.25, 0.3) is 5.91 Å². The van der Waals surface area contributed by atoms with E-state index in [-0.39, 0.29) is 17.5 Å². The van der Waals surface area contributed by atoms with Gasteiger partial charge in [0.2, 0.25) is 0 Å². The smallest absolute Gasteiger partial charge is 0.337 e. The zero-order valence-electron chi connectivity index (χ0n) is 14.4. The summed E-state index contributed by atoms with van der Waals surface area (Å²) in [6, 6.07) is 11.7. The topological polar surface area (TPSA) is 102 Å². The molecule has 2 aromatic rings. The first-order chi connectivity index (χ1) is 12.5. The molecule has 0 aliphatic carbocycles. The number of nitrogens with one attached hydrogen (secondary N) is 1. The first kappa shape index (κ1) is 19.0. The maximum absolute atomic E-state index is 12.4. The number of rotatable bonds is 7. The van der Waals surface area contributed by atoms with E-state index >= 15 is 0 Å². The molecule has 0 saturated heterocycles. The zero-order valence-corrected chi connectivity index (χ0v) is 14.4. The maximum Gasteiger partial charge on any atom is 0.337 e. The molecule has 7 nitrogen and oxygen atoms in total. The van der Waals surface area contributed by atoms with E-state index in [0.29, 0.717) is 11.3 Å². The second kappa shape index (κ2) is 8.66. The van der Waals surface area contributed by atoms with Gasteiger partial charge >= 0.3 is 11.9 Å². The highest BCUT2D eigenvalue weighted by atomic mass is 16.5. The third kappa shape index (κ3) is 4.60. The van der Waals surface area contributed by atoms with E-state index in [1.54, 1.807) is 24.3 Å². The second-order valence-electron chi connectivity index (χ2n) is 5.45. The molecule has 136 valence electrons. The Balaban J connectivity index is 2.18. The van der Waals surface area contributed by atoms with Gasteiger partial charge in [0.1, 0.15) is 11.8 Å². The molecule has 0 aliphatic rings. The van der Waals surface area contributed by atoms with E-state index in [0.717, 1.165) is 0 Å². The van der Waals surface area contributed by atoms with Crippen LogP contribution in [0.15, 0.2) is 48.5 Å². The number of methoxy groups -OCH3 is 2. The molecule has 7 heteroatoms. The highest BCUT2D eigenvalue weighted by Crippen LogP contribution is 2.19. The Morgan fingerprint density at radius 2 is 1.73 bits per heavy atom. The van der Waals surface area contributed by atoms with Gasteiger partial charge in [0, 0.05) is 12.0 Å². The van der Waals surface area contributed by atoms with Crippen LogP contribution in [0.3, 0.4) is 0 Å². The lowest BCUT2D eigenvalue weighted by atomic mass is 10.0. The van der Waals surface area contributed by atoms with Gasteiger partial charge in [-0.2, -0.15) is 0 Å². The molecule has 1 amide bonds. The fourth-order valence-electron chi connectivity index (χ4n) is 2.44. The monoisotopic (exact) mass is 357 g/mol. The number of para-hydroxylation sites is 1. The molecule has 2 N–H and O–H groups in total. The molecule has 2 rings (SSSR count). The van der Waals surface area contributed by atoms with Crippen LogP contribution in [0.5, 0.6) is 5.75 Å². The van der Waals surface area contributed by atoms with Crippen molar-refractivity contribution in [3.63, 3.8) is 0 Å². The minimum atomic E-state index is -1.17. The summed E-state index contributed by atoms with van der Waals surface area (Å²) < 4.78 is 9.83. The van der Waals surface area contributed by atoms with Crippen molar-refractivity contribution in [3.05, 3.63) is 65.2 Å². The Morgan fingerprint density at radius 3 is 2.38 bits per heavy atom. The molecule has 0 aliphatic heterocycles. The number of carboxylic acid groups (broad SMARTS) is 1. The van der Waals surface area contributed by atoms with Gasteiger partial charge in [0.05, 0.1) is 19.8 Å². The summed E-state index contributed by atoms with van der Waals surface area (Å²) >= 11 is 0. The van der Waals surface area contributed by atoms with E-state index in [1.165, 1.54) is 38.5 Å². The number of benzene rings is 2. The summed E-state index contributed by atoms with van der Waals surface area (Å²) in [5, 5.41) is 11.9. The Hall–Kier alpha value is -3.35. The van der Waals surface area contributed by atoms with Gasteiger partial charge in [-0.25, -0.2) is 9.59 Å². The van der Waals surface area contributed by atoms with E-state index in [1.807, 2.05) is 0 Å². The van der Waals surface area contributed by atoms with Crippen LogP contribution in [0, 0.1) is 0 Å². The number of aliphatic carboxylic acids is 1. The number of hydrogen-bond donors (Lipinski definition) is 2. The maximum atomic E-state index is 12.4. The highest BCUT2D eigenvalue weighted by Gasteiger charge is 2.23. The summed E-state index contributed by atoms with van der Waals surface area (Å²) in [5.41, 5.74) is 1.03. The van der Waals surface area contributed by atoms with E-state index in [2.05, 4.69) is 10.1 Å². The van der Waals surface area contributed by atoms with Crippen LogP contribution in [0.4, 0.5) is 0 Å². The van der Waals surface area contributed by atoms with E-state index in [9.17, 15) is 19.5 Å². The number of esters is 1. The number of carboxylic acids is 1. The SMILES string of the molecule is COC(=O)c1cccc(C(=O)N[C@H](Cc2ccccc2OC)C(=O)O)c1. The minimum absolute atomic E-state index is 0.0573. The van der Waals surface area contributed by atoms with Gasteiger partial charge in [-0.15, -0.1) is 0 Å². The van der Waals surface area contributed by atoms with Crippen LogP contribution < -0.4 is 10.1 Å². The standard InChI is InChI=1S/C19H19NO6/c1-25-16-9-4-3-6-12(16)11-15(18(22)23)20-17(21)13-7-5-8-14(10-13)19(24)26-2/h3-10,15H,11H2,1-2H3,(H,20,21)(H,22,23)/t15-/m1/s1. The summed E-state index contributed by atoms with van der Waals surface area (Å²) in [6.45, 7) is 0. The first-order valence-corrected chi connectivity index (χ1v) is 7.80. The van der Waals surface area contributed by atoms with Crippen molar-refractivity contribution in [1.82, 2.24) is 5.32 Å². The third-order valence-electron chi connectivity index (χ3n) is 3.77. The Labute approximate surface area is 150 Å². The number of ether oxygens (including phenoxy) is 2. The minimum Gasteiger partial charge on any atom is -0.496 e. The summed E-state index contributed by atoms with van der Waals surface area (Å²) in [6.07, 6.45) is 0.0573. The quantitative estimate of drug-likeness (QED) is 0.734. The molecular formula is C19H19NO6. The second-order valence-corrected chi connectivity index (χ2v) is 5.45. The van der Waals surface area contributed by atoms with Gasteiger partial charge in [-0.3, -0.25) is 4.79 Å². The predicted octanol–water partition coefficient (Wildman–Crippen LogP) is 1.91. The predicted molar refractivity (Wildman–Crippen MR) is 93.4 cm³/mol. The van der Waals surface area contributed by atoms with Crippen LogP contribution in [-0.2, 0) is 16.0 Å². The lowest BCUT2D eigenvalue weighted by Gasteiger charge is -2.16. The van der Waals surface area contributed by atoms with Crippen molar-refractivity contribution in [3.8, 4) is 5.75 Å². The number of amides is 1. The normalized spacial score (nSPS) is 11.3. The zero-order chi connectivity index (χ0) is 19.1. The van der Waals surface area contributed by atoms with Crippen LogP contribution in [0.1, 0.15) is 26.3 Å². The summed E-state index contributed by atoms with van der Waals surface area (Å²) in [7, 11) is 2.73. The molecule has 0 bridgehead atoms. The van der Waals surface area contributed by atoms with Crippen LogP contribution in [0.2, 0.25) is 0 Å². The molecule has 2 aromatic carbocycles. The number of carbonyl (C=O) groups excluding carboxylic acids is 2.